The molecule has 3 amide bonds. The van der Waals surface area contributed by atoms with E-state index in [1.165, 1.54) is 18.2 Å². The Bertz CT molecular complexity index is 1130. The van der Waals surface area contributed by atoms with E-state index in [0.717, 1.165) is 20.1 Å². The average molecular weight is 377 g/mol. The topological polar surface area (TPSA) is 79.4 Å². The lowest BCUT2D eigenvalue weighted by Crippen LogP contribution is -2.29. The van der Waals surface area contributed by atoms with Gasteiger partial charge in [0.15, 0.2) is 0 Å². The van der Waals surface area contributed by atoms with Gasteiger partial charge in [-0.1, -0.05) is 6.08 Å². The van der Waals surface area contributed by atoms with Crippen molar-refractivity contribution in [3.8, 4) is 0 Å². The van der Waals surface area contributed by atoms with Gasteiger partial charge in [0.2, 0.25) is 0 Å². The fourth-order valence-corrected chi connectivity index (χ4v) is 3.91. The lowest BCUT2D eigenvalue weighted by Gasteiger charge is -2.09. The molecule has 1 aliphatic rings. The number of thiazole rings is 1. The third kappa shape index (κ3) is 2.92. The van der Waals surface area contributed by atoms with Gasteiger partial charge in [-0.05, 0) is 43.3 Å². The first kappa shape index (κ1) is 17.1. The smallest absolute Gasteiger partial charge is 0.261 e. The van der Waals surface area contributed by atoms with Gasteiger partial charge in [-0.25, -0.2) is 4.98 Å². The SMILES string of the molecule is C=CCN1C(=O)c2ccc(C(=O)Nc3ccc4nc(C)sc4c3)cc2C1=O. The second-order valence-corrected chi connectivity index (χ2v) is 7.37. The highest BCUT2D eigenvalue weighted by atomic mass is 32.1. The monoisotopic (exact) mass is 377 g/mol. The molecule has 7 heteroatoms. The molecule has 0 saturated carbocycles. The summed E-state index contributed by atoms with van der Waals surface area (Å²) in [7, 11) is 0. The van der Waals surface area contributed by atoms with Gasteiger partial charge in [0.05, 0.1) is 26.4 Å². The number of amides is 3. The van der Waals surface area contributed by atoms with E-state index in [2.05, 4.69) is 16.9 Å². The zero-order chi connectivity index (χ0) is 19.1. The minimum atomic E-state index is -0.411. The number of benzene rings is 2. The molecule has 3 aromatic rings. The van der Waals surface area contributed by atoms with E-state index in [1.54, 1.807) is 23.5 Å². The number of aromatic nitrogens is 1. The second kappa shape index (κ2) is 6.44. The van der Waals surface area contributed by atoms with Gasteiger partial charge in [-0.3, -0.25) is 19.3 Å². The summed E-state index contributed by atoms with van der Waals surface area (Å²) in [4.78, 5) is 42.8. The number of fused-ring (bicyclic) bond motifs is 2. The van der Waals surface area contributed by atoms with Gasteiger partial charge in [0, 0.05) is 17.8 Å². The molecule has 2 heterocycles. The van der Waals surface area contributed by atoms with Crippen molar-refractivity contribution in [1.82, 2.24) is 9.88 Å². The van der Waals surface area contributed by atoms with Crippen molar-refractivity contribution in [3.05, 3.63) is 70.8 Å². The Hall–Kier alpha value is -3.32. The molecular formula is C20H15N3O3S. The van der Waals surface area contributed by atoms with E-state index in [0.29, 0.717) is 16.8 Å². The molecule has 27 heavy (non-hydrogen) atoms. The van der Waals surface area contributed by atoms with Crippen molar-refractivity contribution in [2.45, 2.75) is 6.92 Å². The number of aryl methyl sites for hydroxylation is 1. The van der Waals surface area contributed by atoms with Crippen LogP contribution in [-0.2, 0) is 0 Å². The van der Waals surface area contributed by atoms with Crippen LogP contribution in [0.2, 0.25) is 0 Å². The number of hydrogen-bond donors (Lipinski definition) is 1. The summed E-state index contributed by atoms with van der Waals surface area (Å²) in [5, 5.41) is 3.78. The molecule has 4 rings (SSSR count). The molecule has 0 bridgehead atoms. The lowest BCUT2D eigenvalue weighted by molar-refractivity contribution is 0.0672. The number of anilines is 1. The maximum absolute atomic E-state index is 12.6. The molecule has 0 aliphatic carbocycles. The molecule has 134 valence electrons. The van der Waals surface area contributed by atoms with Crippen molar-refractivity contribution in [3.63, 3.8) is 0 Å². The Kier molecular flexibility index (Phi) is 4.08. The summed E-state index contributed by atoms with van der Waals surface area (Å²) in [5.74, 6) is -1.13. The molecule has 1 aromatic heterocycles. The highest BCUT2D eigenvalue weighted by Crippen LogP contribution is 2.26. The fourth-order valence-electron chi connectivity index (χ4n) is 3.05. The summed E-state index contributed by atoms with van der Waals surface area (Å²) >= 11 is 1.55. The van der Waals surface area contributed by atoms with Crippen LogP contribution in [0.1, 0.15) is 36.1 Å². The van der Waals surface area contributed by atoms with E-state index in [1.807, 2.05) is 19.1 Å². The maximum Gasteiger partial charge on any atom is 0.261 e. The quantitative estimate of drug-likeness (QED) is 0.556. The standard InChI is InChI=1S/C20H15N3O3S/c1-3-8-23-19(25)14-6-4-12(9-15(14)20(23)26)18(24)22-13-5-7-16-17(10-13)27-11(2)21-16/h3-7,9-10H,1,8H2,2H3,(H,22,24). The number of carbonyl (C=O) groups excluding carboxylic acids is 3. The number of imide groups is 1. The molecule has 6 nitrogen and oxygen atoms in total. The van der Waals surface area contributed by atoms with Crippen LogP contribution < -0.4 is 5.32 Å². The molecule has 0 unspecified atom stereocenters. The summed E-state index contributed by atoms with van der Waals surface area (Å²) in [6.45, 7) is 5.63. The Balaban J connectivity index is 1.60. The third-order valence-corrected chi connectivity index (χ3v) is 5.23. The van der Waals surface area contributed by atoms with Crippen molar-refractivity contribution in [2.75, 3.05) is 11.9 Å². The van der Waals surface area contributed by atoms with Crippen LogP contribution in [0.25, 0.3) is 10.2 Å². The molecule has 2 aromatic carbocycles. The number of nitrogens with one attached hydrogen (secondary N) is 1. The molecule has 0 fully saturated rings. The predicted octanol–water partition coefficient (Wildman–Crippen LogP) is 3.64. The van der Waals surface area contributed by atoms with E-state index < -0.39 is 5.91 Å². The molecule has 0 saturated heterocycles. The Morgan fingerprint density at radius 2 is 1.96 bits per heavy atom. The fraction of sp³-hybridized carbons (Fsp3) is 0.100. The van der Waals surface area contributed by atoms with Gasteiger partial charge in [-0.2, -0.15) is 0 Å². The van der Waals surface area contributed by atoms with Crippen LogP contribution in [0.4, 0.5) is 5.69 Å². The third-order valence-electron chi connectivity index (χ3n) is 4.30. The number of carbonyl (C=O) groups is 3. The normalized spacial score (nSPS) is 13.1. The summed E-state index contributed by atoms with van der Waals surface area (Å²) < 4.78 is 0.986. The van der Waals surface area contributed by atoms with E-state index in [4.69, 9.17) is 0 Å². The average Bonchev–Trinajstić information content (AvgIpc) is 3.13. The number of nitrogens with zero attached hydrogens (tertiary/aromatic N) is 2. The highest BCUT2D eigenvalue weighted by molar-refractivity contribution is 7.18. The van der Waals surface area contributed by atoms with Crippen molar-refractivity contribution >= 4 is 45.0 Å². The molecule has 1 aliphatic heterocycles. The van der Waals surface area contributed by atoms with Crippen LogP contribution >= 0.6 is 11.3 Å². The first-order valence-corrected chi connectivity index (χ1v) is 9.09. The molecule has 0 spiro atoms. The largest absolute Gasteiger partial charge is 0.322 e. The van der Waals surface area contributed by atoms with Crippen molar-refractivity contribution in [1.29, 1.82) is 0 Å². The van der Waals surface area contributed by atoms with Crippen LogP contribution in [0.15, 0.2) is 49.1 Å². The van der Waals surface area contributed by atoms with Gasteiger partial charge >= 0.3 is 0 Å². The highest BCUT2D eigenvalue weighted by Gasteiger charge is 2.35. The van der Waals surface area contributed by atoms with Gasteiger partial charge < -0.3 is 5.32 Å². The Morgan fingerprint density at radius 1 is 1.19 bits per heavy atom. The zero-order valence-electron chi connectivity index (χ0n) is 14.5. The Morgan fingerprint density at radius 3 is 2.74 bits per heavy atom. The molecular weight excluding hydrogens is 362 g/mol. The van der Waals surface area contributed by atoms with Crippen LogP contribution in [0.3, 0.4) is 0 Å². The molecule has 1 N–H and O–H groups in total. The van der Waals surface area contributed by atoms with E-state index in [9.17, 15) is 14.4 Å². The van der Waals surface area contributed by atoms with Crippen molar-refractivity contribution < 1.29 is 14.4 Å². The van der Waals surface area contributed by atoms with Crippen LogP contribution in [0.5, 0.6) is 0 Å². The summed E-state index contributed by atoms with van der Waals surface area (Å²) in [6, 6.07) is 10.0. The van der Waals surface area contributed by atoms with Gasteiger partial charge in [0.25, 0.3) is 17.7 Å². The number of hydrogen-bond acceptors (Lipinski definition) is 5. The molecule has 0 atom stereocenters. The molecule has 0 radical (unpaired) electrons. The van der Waals surface area contributed by atoms with Crippen molar-refractivity contribution in [2.24, 2.45) is 0 Å². The maximum atomic E-state index is 12.6. The van der Waals surface area contributed by atoms with Crippen LogP contribution in [0, 0.1) is 6.92 Å². The zero-order valence-corrected chi connectivity index (χ0v) is 15.3. The van der Waals surface area contributed by atoms with E-state index >= 15 is 0 Å². The number of rotatable bonds is 4. The lowest BCUT2D eigenvalue weighted by atomic mass is 10.1. The van der Waals surface area contributed by atoms with Crippen LogP contribution in [-0.4, -0.2) is 34.2 Å². The minimum Gasteiger partial charge on any atom is -0.322 e. The summed E-state index contributed by atoms with van der Waals surface area (Å²) in [6.07, 6.45) is 1.49. The van der Waals surface area contributed by atoms with Gasteiger partial charge in [0.1, 0.15) is 0 Å². The first-order chi connectivity index (χ1) is 13.0. The summed E-state index contributed by atoms with van der Waals surface area (Å²) in [5.41, 5.74) is 2.39. The predicted molar refractivity (Wildman–Crippen MR) is 104 cm³/mol. The second-order valence-electron chi connectivity index (χ2n) is 6.14. The first-order valence-electron chi connectivity index (χ1n) is 8.27. The van der Waals surface area contributed by atoms with Gasteiger partial charge in [-0.15, -0.1) is 17.9 Å². The minimum absolute atomic E-state index is 0.141. The Labute approximate surface area is 159 Å². The van der Waals surface area contributed by atoms with E-state index in [-0.39, 0.29) is 23.9 Å².